The zero-order valence-corrected chi connectivity index (χ0v) is 19.8. The van der Waals surface area contributed by atoms with Gasteiger partial charge in [-0.15, -0.1) is 0 Å². The van der Waals surface area contributed by atoms with E-state index in [1.165, 1.54) is 29.9 Å². The van der Waals surface area contributed by atoms with Gasteiger partial charge in [0.15, 0.2) is 0 Å². The highest BCUT2D eigenvalue weighted by Gasteiger charge is 2.30. The predicted octanol–water partition coefficient (Wildman–Crippen LogP) is 1.26. The molecule has 2 aliphatic heterocycles. The van der Waals surface area contributed by atoms with Crippen LogP contribution in [0, 0.1) is 11.7 Å². The molecule has 0 aliphatic carbocycles. The minimum Gasteiger partial charge on any atom is -0.492 e. The summed E-state index contributed by atoms with van der Waals surface area (Å²) in [7, 11) is 2.97. The van der Waals surface area contributed by atoms with E-state index in [0.29, 0.717) is 24.2 Å². The van der Waals surface area contributed by atoms with Crippen molar-refractivity contribution in [1.82, 2.24) is 14.4 Å². The summed E-state index contributed by atoms with van der Waals surface area (Å²) in [6.45, 7) is 1.48. The first-order chi connectivity index (χ1) is 16.8. The summed E-state index contributed by atoms with van der Waals surface area (Å²) >= 11 is 0. The maximum atomic E-state index is 13.5. The summed E-state index contributed by atoms with van der Waals surface area (Å²) < 4.78 is 25.8. The van der Waals surface area contributed by atoms with Gasteiger partial charge in [0.2, 0.25) is 11.8 Å². The Morgan fingerprint density at radius 3 is 2.63 bits per heavy atom. The van der Waals surface area contributed by atoms with Crippen molar-refractivity contribution in [3.63, 3.8) is 0 Å². The van der Waals surface area contributed by atoms with Gasteiger partial charge < -0.3 is 23.8 Å². The van der Waals surface area contributed by atoms with E-state index >= 15 is 0 Å². The topological polar surface area (TPSA) is 98.2 Å². The van der Waals surface area contributed by atoms with Crippen molar-refractivity contribution in [2.24, 2.45) is 5.92 Å². The first kappa shape index (κ1) is 24.4. The van der Waals surface area contributed by atoms with E-state index in [4.69, 9.17) is 9.47 Å². The van der Waals surface area contributed by atoms with Gasteiger partial charge in [-0.05, 0) is 17.7 Å². The van der Waals surface area contributed by atoms with Crippen molar-refractivity contribution < 1.29 is 28.2 Å². The molecule has 0 radical (unpaired) electrons. The Kier molecular flexibility index (Phi) is 7.18. The largest absolute Gasteiger partial charge is 0.492 e. The van der Waals surface area contributed by atoms with E-state index in [9.17, 15) is 23.6 Å². The van der Waals surface area contributed by atoms with E-state index in [2.05, 4.69) is 0 Å². The van der Waals surface area contributed by atoms with Crippen LogP contribution in [0.4, 0.5) is 4.39 Å². The van der Waals surface area contributed by atoms with Crippen LogP contribution in [-0.4, -0.2) is 72.5 Å². The van der Waals surface area contributed by atoms with Crippen LogP contribution in [0.15, 0.2) is 35.1 Å². The number of likely N-dealkylation sites (tertiary alicyclic amines) is 1. The number of pyridine rings is 1. The standard InChI is InChI=1S/C25H28FN3O6/c1-27-14-17(12-21(27)30)15-35-20-13-23(32)29-9-8-28(7-6-19(29)24(20)25(33)34-2)22(31)11-16-4-3-5-18(26)10-16/h3-5,10,13,17H,6-9,11-12,14-15H2,1-2H3/t17-/m1/s1. The van der Waals surface area contributed by atoms with Gasteiger partial charge in [0, 0.05) is 63.7 Å². The average molecular weight is 486 g/mol. The van der Waals surface area contributed by atoms with Gasteiger partial charge in [-0.25, -0.2) is 9.18 Å². The van der Waals surface area contributed by atoms with E-state index in [0.717, 1.165) is 0 Å². The molecule has 1 aromatic heterocycles. The van der Waals surface area contributed by atoms with Crippen LogP contribution < -0.4 is 10.3 Å². The molecular formula is C25H28FN3O6. The summed E-state index contributed by atoms with van der Waals surface area (Å²) in [4.78, 5) is 53.6. The van der Waals surface area contributed by atoms with Gasteiger partial charge in [-0.3, -0.25) is 14.4 Å². The first-order valence-electron chi connectivity index (χ1n) is 11.5. The zero-order chi connectivity index (χ0) is 25.1. The van der Waals surface area contributed by atoms with Crippen molar-refractivity contribution in [3.05, 3.63) is 63.3 Å². The van der Waals surface area contributed by atoms with Crippen LogP contribution in [0.2, 0.25) is 0 Å². The van der Waals surface area contributed by atoms with Crippen LogP contribution in [0.3, 0.4) is 0 Å². The molecule has 9 nitrogen and oxygen atoms in total. The number of benzene rings is 1. The normalized spacial score (nSPS) is 17.7. The quantitative estimate of drug-likeness (QED) is 0.572. The number of rotatable bonds is 6. The fourth-order valence-electron chi connectivity index (χ4n) is 4.64. The molecule has 0 unspecified atom stereocenters. The van der Waals surface area contributed by atoms with Gasteiger partial charge in [-0.1, -0.05) is 12.1 Å². The van der Waals surface area contributed by atoms with Crippen LogP contribution >= 0.6 is 0 Å². The van der Waals surface area contributed by atoms with Gasteiger partial charge >= 0.3 is 5.97 Å². The SMILES string of the molecule is COC(=O)c1c(OC[C@@H]2CC(=O)N(C)C2)cc(=O)n2c1CCN(C(=O)Cc1cccc(F)c1)CC2. The molecule has 35 heavy (non-hydrogen) atoms. The molecule has 1 saturated heterocycles. The lowest BCUT2D eigenvalue weighted by molar-refractivity contribution is -0.130. The molecule has 3 heterocycles. The highest BCUT2D eigenvalue weighted by atomic mass is 19.1. The van der Waals surface area contributed by atoms with Crippen LogP contribution in [-0.2, 0) is 33.7 Å². The number of hydrogen-bond acceptors (Lipinski definition) is 6. The lowest BCUT2D eigenvalue weighted by atomic mass is 10.1. The van der Waals surface area contributed by atoms with Crippen LogP contribution in [0.5, 0.6) is 5.75 Å². The number of amides is 2. The fraction of sp³-hybridized carbons (Fsp3) is 0.440. The molecule has 2 aliphatic rings. The zero-order valence-electron chi connectivity index (χ0n) is 19.8. The number of carbonyl (C=O) groups is 3. The Hall–Kier alpha value is -3.69. The summed E-state index contributed by atoms with van der Waals surface area (Å²) in [6.07, 6.45) is 0.628. The van der Waals surface area contributed by atoms with Crippen LogP contribution in [0.25, 0.3) is 0 Å². The maximum Gasteiger partial charge on any atom is 0.343 e. The molecule has 1 atom stereocenters. The number of methoxy groups -OCH3 is 1. The Bertz CT molecular complexity index is 1210. The number of ether oxygens (including phenoxy) is 2. The minimum atomic E-state index is -0.636. The molecule has 0 N–H and O–H groups in total. The molecule has 0 bridgehead atoms. The lowest BCUT2D eigenvalue weighted by Crippen LogP contribution is -2.35. The molecule has 2 aromatic rings. The molecule has 186 valence electrons. The van der Waals surface area contributed by atoms with E-state index in [1.807, 2.05) is 0 Å². The van der Waals surface area contributed by atoms with Crippen molar-refractivity contribution in [2.45, 2.75) is 25.8 Å². The van der Waals surface area contributed by atoms with Crippen molar-refractivity contribution in [2.75, 3.05) is 40.4 Å². The monoisotopic (exact) mass is 485 g/mol. The molecule has 0 spiro atoms. The smallest absolute Gasteiger partial charge is 0.343 e. The van der Waals surface area contributed by atoms with Crippen molar-refractivity contribution >= 4 is 17.8 Å². The number of aromatic nitrogens is 1. The summed E-state index contributed by atoms with van der Waals surface area (Å²) in [6, 6.07) is 7.15. The van der Waals surface area contributed by atoms with E-state index in [1.54, 1.807) is 29.0 Å². The second kappa shape index (κ2) is 10.3. The summed E-state index contributed by atoms with van der Waals surface area (Å²) in [5.74, 6) is -1.14. The molecule has 1 aromatic carbocycles. The second-order valence-corrected chi connectivity index (χ2v) is 8.90. The number of hydrogen-bond donors (Lipinski definition) is 0. The van der Waals surface area contributed by atoms with E-state index in [-0.39, 0.29) is 73.7 Å². The average Bonchev–Trinajstić information content (AvgIpc) is 3.01. The second-order valence-electron chi connectivity index (χ2n) is 8.90. The molecular weight excluding hydrogens is 457 g/mol. The van der Waals surface area contributed by atoms with Gasteiger partial charge in [0.25, 0.3) is 5.56 Å². The number of halogens is 1. The lowest BCUT2D eigenvalue weighted by Gasteiger charge is -2.20. The molecule has 4 rings (SSSR count). The third kappa shape index (κ3) is 5.36. The van der Waals surface area contributed by atoms with E-state index < -0.39 is 11.8 Å². The number of esters is 1. The Balaban J connectivity index is 1.55. The maximum absolute atomic E-state index is 13.5. The number of nitrogens with zero attached hydrogens (tertiary/aromatic N) is 3. The highest BCUT2D eigenvalue weighted by Crippen LogP contribution is 2.26. The van der Waals surface area contributed by atoms with Gasteiger partial charge in [0.05, 0.1) is 20.1 Å². The van der Waals surface area contributed by atoms with Crippen molar-refractivity contribution in [3.8, 4) is 5.75 Å². The number of fused-ring (bicyclic) bond motifs is 1. The predicted molar refractivity (Wildman–Crippen MR) is 124 cm³/mol. The third-order valence-electron chi connectivity index (χ3n) is 6.48. The fourth-order valence-corrected chi connectivity index (χ4v) is 4.64. The molecule has 1 fully saturated rings. The van der Waals surface area contributed by atoms with Gasteiger partial charge in [0.1, 0.15) is 17.1 Å². The summed E-state index contributed by atoms with van der Waals surface area (Å²) in [5, 5.41) is 0. The molecule has 10 heteroatoms. The Morgan fingerprint density at radius 1 is 1.14 bits per heavy atom. The first-order valence-corrected chi connectivity index (χ1v) is 11.5. The molecule has 2 amide bonds. The number of carbonyl (C=O) groups excluding carboxylic acids is 3. The highest BCUT2D eigenvalue weighted by molar-refractivity contribution is 5.93. The Labute approximate surface area is 202 Å². The summed E-state index contributed by atoms with van der Waals surface area (Å²) in [5.41, 5.74) is 0.821. The van der Waals surface area contributed by atoms with Gasteiger partial charge in [-0.2, -0.15) is 0 Å². The van der Waals surface area contributed by atoms with Crippen LogP contribution in [0.1, 0.15) is 28.0 Å². The molecule has 0 saturated carbocycles. The Morgan fingerprint density at radius 2 is 1.94 bits per heavy atom. The third-order valence-corrected chi connectivity index (χ3v) is 6.48. The van der Waals surface area contributed by atoms with Crippen molar-refractivity contribution in [1.29, 1.82) is 0 Å². The minimum absolute atomic E-state index is 0.0248.